The van der Waals surface area contributed by atoms with Gasteiger partial charge in [-0.3, -0.25) is 0 Å². The Kier molecular flexibility index (Phi) is 5.79. The number of benzene rings is 1. The minimum absolute atomic E-state index is 0.334. The van der Waals surface area contributed by atoms with Gasteiger partial charge >= 0.3 is 0 Å². The fourth-order valence-corrected chi connectivity index (χ4v) is 1.56. The van der Waals surface area contributed by atoms with Crippen LogP contribution in [0.25, 0.3) is 0 Å². The Morgan fingerprint density at radius 3 is 2.50 bits per heavy atom. The summed E-state index contributed by atoms with van der Waals surface area (Å²) in [5.74, 6) is 0.821. The summed E-state index contributed by atoms with van der Waals surface area (Å²) in [4.78, 5) is 10.5. The smallest absolute Gasteiger partial charge is 0.120 e. The molecular formula is C14H20O2. The topological polar surface area (TPSA) is 26.3 Å². The van der Waals surface area contributed by atoms with Crippen LogP contribution in [0.3, 0.4) is 0 Å². The molecular weight excluding hydrogens is 200 g/mol. The highest BCUT2D eigenvalue weighted by atomic mass is 16.5. The first-order valence-corrected chi connectivity index (χ1v) is 5.79. The molecule has 0 spiro atoms. The predicted molar refractivity (Wildman–Crippen MR) is 65.1 cm³/mol. The van der Waals surface area contributed by atoms with E-state index in [1.165, 1.54) is 5.56 Å². The molecule has 2 nitrogen and oxygen atoms in total. The van der Waals surface area contributed by atoms with Crippen molar-refractivity contribution in [1.29, 1.82) is 0 Å². The van der Waals surface area contributed by atoms with E-state index in [9.17, 15) is 4.79 Å². The molecule has 1 aromatic carbocycles. The third-order valence-electron chi connectivity index (χ3n) is 2.79. The zero-order valence-corrected chi connectivity index (χ0v) is 10.1. The Labute approximate surface area is 97.6 Å². The van der Waals surface area contributed by atoms with Crippen LogP contribution in [0.15, 0.2) is 30.3 Å². The summed E-state index contributed by atoms with van der Waals surface area (Å²) in [6, 6.07) is 10.1. The monoisotopic (exact) mass is 220 g/mol. The number of carbonyl (C=O) groups is 1. The standard InChI is InChI=1S/C14H20O2/c1-12(2)14(8-9-15)11-16-10-13-6-4-3-5-7-13/h3-7,9,12,14H,8,10-11H2,1-2H3. The molecule has 0 amide bonds. The number of ether oxygens (including phenoxy) is 1. The maximum Gasteiger partial charge on any atom is 0.120 e. The Morgan fingerprint density at radius 2 is 1.94 bits per heavy atom. The minimum atomic E-state index is 0.334. The molecule has 0 saturated heterocycles. The average molecular weight is 220 g/mol. The highest BCUT2D eigenvalue weighted by Gasteiger charge is 2.12. The van der Waals surface area contributed by atoms with Crippen LogP contribution < -0.4 is 0 Å². The van der Waals surface area contributed by atoms with Crippen molar-refractivity contribution in [2.45, 2.75) is 26.9 Å². The normalized spacial score (nSPS) is 12.7. The Morgan fingerprint density at radius 1 is 1.25 bits per heavy atom. The van der Waals surface area contributed by atoms with Crippen molar-refractivity contribution in [3.63, 3.8) is 0 Å². The lowest BCUT2D eigenvalue weighted by atomic mass is 9.94. The summed E-state index contributed by atoms with van der Waals surface area (Å²) in [5.41, 5.74) is 1.18. The van der Waals surface area contributed by atoms with Gasteiger partial charge < -0.3 is 9.53 Å². The van der Waals surface area contributed by atoms with Crippen LogP contribution in [-0.2, 0) is 16.1 Å². The zero-order chi connectivity index (χ0) is 11.8. The van der Waals surface area contributed by atoms with Crippen LogP contribution in [0.4, 0.5) is 0 Å². The van der Waals surface area contributed by atoms with Crippen LogP contribution >= 0.6 is 0 Å². The molecule has 0 saturated carbocycles. The summed E-state index contributed by atoms with van der Waals surface area (Å²) in [7, 11) is 0. The quantitative estimate of drug-likeness (QED) is 0.660. The third-order valence-corrected chi connectivity index (χ3v) is 2.79. The second kappa shape index (κ2) is 7.18. The number of rotatable bonds is 7. The van der Waals surface area contributed by atoms with E-state index in [1.54, 1.807) is 0 Å². The second-order valence-electron chi connectivity index (χ2n) is 4.41. The molecule has 0 N–H and O–H groups in total. The largest absolute Gasteiger partial charge is 0.376 e. The summed E-state index contributed by atoms with van der Waals surface area (Å²) in [6.07, 6.45) is 1.57. The van der Waals surface area contributed by atoms with Gasteiger partial charge in [-0.2, -0.15) is 0 Å². The summed E-state index contributed by atoms with van der Waals surface area (Å²) < 4.78 is 5.64. The fourth-order valence-electron chi connectivity index (χ4n) is 1.56. The molecule has 1 atom stereocenters. The van der Waals surface area contributed by atoms with Gasteiger partial charge in [0.25, 0.3) is 0 Å². The Hall–Kier alpha value is -1.15. The second-order valence-corrected chi connectivity index (χ2v) is 4.41. The van der Waals surface area contributed by atoms with Gasteiger partial charge in [0.1, 0.15) is 6.29 Å². The lowest BCUT2D eigenvalue weighted by Crippen LogP contribution is -2.16. The number of carbonyl (C=O) groups excluding carboxylic acids is 1. The highest BCUT2D eigenvalue weighted by molar-refractivity contribution is 5.49. The first-order valence-electron chi connectivity index (χ1n) is 5.79. The molecule has 0 bridgehead atoms. The van der Waals surface area contributed by atoms with E-state index in [0.717, 1.165) is 6.29 Å². The van der Waals surface area contributed by atoms with E-state index >= 15 is 0 Å². The van der Waals surface area contributed by atoms with Crippen molar-refractivity contribution >= 4 is 6.29 Å². The van der Waals surface area contributed by atoms with Crippen molar-refractivity contribution in [3.05, 3.63) is 35.9 Å². The SMILES string of the molecule is CC(C)C(CC=O)COCc1ccccc1. The summed E-state index contributed by atoms with van der Waals surface area (Å²) >= 11 is 0. The van der Waals surface area contributed by atoms with E-state index in [-0.39, 0.29) is 0 Å². The predicted octanol–water partition coefficient (Wildman–Crippen LogP) is 3.06. The lowest BCUT2D eigenvalue weighted by molar-refractivity contribution is -0.109. The third kappa shape index (κ3) is 4.58. The van der Waals surface area contributed by atoms with E-state index in [4.69, 9.17) is 4.74 Å². The van der Waals surface area contributed by atoms with Gasteiger partial charge in [0, 0.05) is 6.42 Å². The van der Waals surface area contributed by atoms with Gasteiger partial charge in [-0.1, -0.05) is 44.2 Å². The molecule has 0 aliphatic carbocycles. The van der Waals surface area contributed by atoms with Crippen LogP contribution in [0.1, 0.15) is 25.8 Å². The molecule has 0 aromatic heterocycles. The maximum absolute atomic E-state index is 10.5. The van der Waals surface area contributed by atoms with Gasteiger partial charge in [-0.05, 0) is 17.4 Å². The number of hydrogen-bond acceptors (Lipinski definition) is 2. The van der Waals surface area contributed by atoms with Crippen molar-refractivity contribution in [3.8, 4) is 0 Å². The molecule has 1 rings (SSSR count). The molecule has 16 heavy (non-hydrogen) atoms. The molecule has 0 radical (unpaired) electrons. The van der Waals surface area contributed by atoms with Crippen LogP contribution in [-0.4, -0.2) is 12.9 Å². The van der Waals surface area contributed by atoms with Crippen LogP contribution in [0.2, 0.25) is 0 Å². The molecule has 1 unspecified atom stereocenters. The summed E-state index contributed by atoms with van der Waals surface area (Å²) in [6.45, 7) is 5.54. The Bertz CT molecular complexity index is 293. The van der Waals surface area contributed by atoms with Gasteiger partial charge in [0.15, 0.2) is 0 Å². The van der Waals surface area contributed by atoms with Gasteiger partial charge in [-0.25, -0.2) is 0 Å². The van der Waals surface area contributed by atoms with E-state index in [0.29, 0.717) is 31.5 Å². The molecule has 0 aliphatic rings. The van der Waals surface area contributed by atoms with Gasteiger partial charge in [0.2, 0.25) is 0 Å². The minimum Gasteiger partial charge on any atom is -0.376 e. The van der Waals surface area contributed by atoms with Crippen molar-refractivity contribution in [2.24, 2.45) is 11.8 Å². The fraction of sp³-hybridized carbons (Fsp3) is 0.500. The Balaban J connectivity index is 2.30. The highest BCUT2D eigenvalue weighted by Crippen LogP contribution is 2.15. The van der Waals surface area contributed by atoms with E-state index in [2.05, 4.69) is 13.8 Å². The molecule has 0 fully saturated rings. The first kappa shape index (κ1) is 12.9. The zero-order valence-electron chi connectivity index (χ0n) is 10.1. The van der Waals surface area contributed by atoms with Crippen LogP contribution in [0, 0.1) is 11.8 Å². The van der Waals surface area contributed by atoms with Crippen LogP contribution in [0.5, 0.6) is 0 Å². The summed E-state index contributed by atoms with van der Waals surface area (Å²) in [5, 5.41) is 0. The van der Waals surface area contributed by atoms with Gasteiger partial charge in [-0.15, -0.1) is 0 Å². The molecule has 1 aromatic rings. The number of hydrogen-bond donors (Lipinski definition) is 0. The molecule has 0 aliphatic heterocycles. The molecule has 88 valence electrons. The van der Waals surface area contributed by atoms with Crippen molar-refractivity contribution in [2.75, 3.05) is 6.61 Å². The van der Waals surface area contributed by atoms with Gasteiger partial charge in [0.05, 0.1) is 13.2 Å². The first-order chi connectivity index (χ1) is 7.74. The average Bonchev–Trinajstić information content (AvgIpc) is 2.29. The maximum atomic E-state index is 10.5. The van der Waals surface area contributed by atoms with Crippen molar-refractivity contribution in [1.82, 2.24) is 0 Å². The van der Waals surface area contributed by atoms with E-state index in [1.807, 2.05) is 30.3 Å². The molecule has 0 heterocycles. The van der Waals surface area contributed by atoms with Crippen molar-refractivity contribution < 1.29 is 9.53 Å². The van der Waals surface area contributed by atoms with E-state index < -0.39 is 0 Å². The molecule has 2 heteroatoms. The lowest BCUT2D eigenvalue weighted by Gasteiger charge is -2.18. The number of aldehydes is 1.